The van der Waals surface area contributed by atoms with Crippen LogP contribution in [0, 0.1) is 10.1 Å². The highest BCUT2D eigenvalue weighted by Crippen LogP contribution is 2.28. The molecule has 2 aromatic rings. The lowest BCUT2D eigenvalue weighted by Crippen LogP contribution is -2.52. The molecule has 0 saturated heterocycles. The van der Waals surface area contributed by atoms with Crippen molar-refractivity contribution in [3.05, 3.63) is 68.2 Å². The van der Waals surface area contributed by atoms with Crippen LogP contribution in [0.2, 0.25) is 10.0 Å². The summed E-state index contributed by atoms with van der Waals surface area (Å²) in [5, 5.41) is 14.4. The van der Waals surface area contributed by atoms with Gasteiger partial charge in [-0.2, -0.15) is 0 Å². The molecule has 1 atom stereocenters. The molecule has 2 rings (SSSR count). The van der Waals surface area contributed by atoms with E-state index in [1.54, 1.807) is 32.0 Å². The van der Waals surface area contributed by atoms with E-state index in [0.29, 0.717) is 5.56 Å². The Labute approximate surface area is 214 Å². The first-order chi connectivity index (χ1) is 16.2. The molecule has 0 spiro atoms. The van der Waals surface area contributed by atoms with Crippen molar-refractivity contribution >= 4 is 56.4 Å². The fourth-order valence-corrected chi connectivity index (χ4v) is 4.58. The van der Waals surface area contributed by atoms with Crippen molar-refractivity contribution in [3.63, 3.8) is 0 Å². The summed E-state index contributed by atoms with van der Waals surface area (Å²) in [4.78, 5) is 37.9. The summed E-state index contributed by atoms with van der Waals surface area (Å²) in [5.74, 6) is -1.19. The molecule has 2 amide bonds. The molecule has 13 heteroatoms. The summed E-state index contributed by atoms with van der Waals surface area (Å²) >= 11 is 12.6. The van der Waals surface area contributed by atoms with Crippen LogP contribution in [0.1, 0.15) is 26.3 Å². The minimum absolute atomic E-state index is 0.0648. The first kappa shape index (κ1) is 28.3. The van der Waals surface area contributed by atoms with E-state index >= 15 is 0 Å². The fourth-order valence-electron chi connectivity index (χ4n) is 3.22. The van der Waals surface area contributed by atoms with Crippen molar-refractivity contribution in [2.24, 2.45) is 0 Å². The van der Waals surface area contributed by atoms with Gasteiger partial charge in [-0.05, 0) is 39.0 Å². The Bertz CT molecular complexity index is 1200. The Morgan fingerprint density at radius 3 is 2.17 bits per heavy atom. The Balaban J connectivity index is 2.49. The second-order valence-electron chi connectivity index (χ2n) is 8.11. The molecule has 190 valence electrons. The highest BCUT2D eigenvalue weighted by atomic mass is 35.5. The summed E-state index contributed by atoms with van der Waals surface area (Å²) in [7, 11) is -4.03. The second kappa shape index (κ2) is 11.7. The molecule has 0 saturated carbocycles. The van der Waals surface area contributed by atoms with Crippen molar-refractivity contribution < 1.29 is 22.9 Å². The van der Waals surface area contributed by atoms with Gasteiger partial charge in [-0.3, -0.25) is 24.0 Å². The molecular weight excluding hydrogens is 519 g/mol. The van der Waals surface area contributed by atoms with Crippen LogP contribution in [0.5, 0.6) is 0 Å². The number of nitrogens with one attached hydrogen (secondary N) is 1. The lowest BCUT2D eigenvalue weighted by atomic mass is 10.1. The molecule has 1 N–H and O–H groups in total. The number of non-ortho nitro benzene ring substituents is 1. The molecule has 0 aliphatic heterocycles. The van der Waals surface area contributed by atoms with Crippen LogP contribution in [-0.4, -0.2) is 54.9 Å². The van der Waals surface area contributed by atoms with Gasteiger partial charge in [0.2, 0.25) is 21.8 Å². The van der Waals surface area contributed by atoms with Gasteiger partial charge >= 0.3 is 0 Å². The van der Waals surface area contributed by atoms with Gasteiger partial charge in [0.1, 0.15) is 12.6 Å². The maximum absolute atomic E-state index is 13.5. The predicted molar refractivity (Wildman–Crippen MR) is 135 cm³/mol. The minimum Gasteiger partial charge on any atom is -0.352 e. The number of carbonyl (C=O) groups is 2. The molecule has 0 heterocycles. The number of rotatable bonds is 10. The van der Waals surface area contributed by atoms with Crippen LogP contribution in [0.3, 0.4) is 0 Å². The topological polar surface area (TPSA) is 130 Å². The van der Waals surface area contributed by atoms with Crippen LogP contribution in [0.25, 0.3) is 0 Å². The number of halogens is 2. The molecular formula is C22H26Cl2N4O6S. The zero-order valence-corrected chi connectivity index (χ0v) is 21.9. The van der Waals surface area contributed by atoms with Gasteiger partial charge < -0.3 is 10.2 Å². The zero-order chi connectivity index (χ0) is 26.5. The highest BCUT2D eigenvalue weighted by Gasteiger charge is 2.31. The molecule has 0 aliphatic rings. The maximum Gasteiger partial charge on any atom is 0.271 e. The van der Waals surface area contributed by atoms with Gasteiger partial charge in [-0.15, -0.1) is 0 Å². The molecule has 0 aliphatic carbocycles. The Morgan fingerprint density at radius 2 is 1.66 bits per heavy atom. The number of anilines is 1. The first-order valence-corrected chi connectivity index (χ1v) is 13.1. The van der Waals surface area contributed by atoms with Crippen LogP contribution < -0.4 is 9.62 Å². The van der Waals surface area contributed by atoms with E-state index in [1.165, 1.54) is 30.0 Å². The van der Waals surface area contributed by atoms with Crippen LogP contribution >= 0.6 is 23.2 Å². The number of amides is 2. The van der Waals surface area contributed by atoms with Crippen molar-refractivity contribution in [1.29, 1.82) is 0 Å². The van der Waals surface area contributed by atoms with E-state index in [1.807, 2.05) is 0 Å². The van der Waals surface area contributed by atoms with Crippen LogP contribution in [-0.2, 0) is 26.2 Å². The normalized spacial score (nSPS) is 12.2. The number of sulfonamides is 1. The molecule has 0 bridgehead atoms. The average molecular weight is 545 g/mol. The number of hydrogen-bond acceptors (Lipinski definition) is 6. The van der Waals surface area contributed by atoms with Crippen molar-refractivity contribution in [1.82, 2.24) is 10.2 Å². The van der Waals surface area contributed by atoms with Gasteiger partial charge in [0.15, 0.2) is 0 Å². The number of hydrogen-bond donors (Lipinski definition) is 1. The third kappa shape index (κ3) is 7.55. The van der Waals surface area contributed by atoms with Crippen molar-refractivity contribution in [3.8, 4) is 0 Å². The molecule has 0 fully saturated rings. The second-order valence-corrected chi connectivity index (χ2v) is 10.8. The largest absolute Gasteiger partial charge is 0.352 e. The minimum atomic E-state index is -4.03. The van der Waals surface area contributed by atoms with Gasteiger partial charge in [0.05, 0.1) is 16.9 Å². The molecule has 0 unspecified atom stereocenters. The SMILES string of the molecule is CC(C)NC(=O)[C@H](C)N(Cc1c(Cl)cccc1Cl)C(=O)CN(c1cccc([N+](=O)[O-])c1)S(C)(=O)=O. The third-order valence-electron chi connectivity index (χ3n) is 5.00. The molecule has 0 radical (unpaired) electrons. The van der Waals surface area contributed by atoms with E-state index in [-0.39, 0.29) is 34.0 Å². The number of carbonyl (C=O) groups excluding carboxylic acids is 2. The predicted octanol–water partition coefficient (Wildman–Crippen LogP) is 3.61. The molecule has 2 aromatic carbocycles. The Kier molecular flexibility index (Phi) is 9.47. The highest BCUT2D eigenvalue weighted by molar-refractivity contribution is 7.92. The number of nitro benzene ring substituents is 1. The van der Waals surface area contributed by atoms with E-state index in [9.17, 15) is 28.1 Å². The van der Waals surface area contributed by atoms with Crippen LogP contribution in [0.15, 0.2) is 42.5 Å². The summed E-state index contributed by atoms with van der Waals surface area (Å²) in [5.41, 5.74) is -0.0207. The molecule has 10 nitrogen and oxygen atoms in total. The van der Waals surface area contributed by atoms with E-state index in [0.717, 1.165) is 16.6 Å². The number of benzene rings is 2. The maximum atomic E-state index is 13.5. The first-order valence-electron chi connectivity index (χ1n) is 10.5. The van der Waals surface area contributed by atoms with Gasteiger partial charge in [-0.25, -0.2) is 8.42 Å². The summed E-state index contributed by atoms with van der Waals surface area (Å²) < 4.78 is 25.8. The van der Waals surface area contributed by atoms with Crippen molar-refractivity contribution in [2.75, 3.05) is 17.1 Å². The van der Waals surface area contributed by atoms with Crippen molar-refractivity contribution in [2.45, 2.75) is 39.4 Å². The number of nitrogens with zero attached hydrogens (tertiary/aromatic N) is 3. The lowest BCUT2D eigenvalue weighted by Gasteiger charge is -2.32. The van der Waals surface area contributed by atoms with E-state index in [4.69, 9.17) is 23.2 Å². The fraction of sp³-hybridized carbons (Fsp3) is 0.364. The van der Waals surface area contributed by atoms with E-state index < -0.39 is 39.3 Å². The quantitative estimate of drug-likeness (QED) is 0.359. The standard InChI is InChI=1S/C22H26Cl2N4O6S/c1-14(2)25-22(30)15(3)26(12-18-19(23)9-6-10-20(18)24)21(29)13-27(35(4,33)34)16-7-5-8-17(11-16)28(31)32/h5-11,14-15H,12-13H2,1-4H3,(H,25,30)/t15-/m0/s1. The number of nitro groups is 1. The zero-order valence-electron chi connectivity index (χ0n) is 19.6. The monoisotopic (exact) mass is 544 g/mol. The van der Waals surface area contributed by atoms with Gasteiger partial charge in [-0.1, -0.05) is 35.3 Å². The third-order valence-corrected chi connectivity index (χ3v) is 6.84. The van der Waals surface area contributed by atoms with E-state index in [2.05, 4.69) is 5.32 Å². The summed E-state index contributed by atoms with van der Waals surface area (Å²) in [6.45, 7) is 4.14. The molecule has 0 aromatic heterocycles. The lowest BCUT2D eigenvalue weighted by molar-refractivity contribution is -0.384. The smallest absolute Gasteiger partial charge is 0.271 e. The van der Waals surface area contributed by atoms with Gasteiger partial charge in [0.25, 0.3) is 5.69 Å². The Hall–Kier alpha value is -2.89. The summed E-state index contributed by atoms with van der Waals surface area (Å²) in [6, 6.07) is 8.48. The van der Waals surface area contributed by atoms with Gasteiger partial charge in [0, 0.05) is 40.3 Å². The van der Waals surface area contributed by atoms with Crippen LogP contribution in [0.4, 0.5) is 11.4 Å². The Morgan fingerprint density at radius 1 is 1.09 bits per heavy atom. The molecule has 35 heavy (non-hydrogen) atoms. The average Bonchev–Trinajstić information content (AvgIpc) is 2.75. The summed E-state index contributed by atoms with van der Waals surface area (Å²) in [6.07, 6.45) is 0.878.